The van der Waals surface area contributed by atoms with Gasteiger partial charge in [0.15, 0.2) is 0 Å². The molecule has 2 N–H and O–H groups in total. The molecule has 0 aromatic carbocycles. The second-order valence-electron chi connectivity index (χ2n) is 4.08. The van der Waals surface area contributed by atoms with E-state index in [4.69, 9.17) is 5.73 Å². The SMILES string of the molecule is CCCC(N)C(CC)n1nc(C)nc1C. The van der Waals surface area contributed by atoms with Crippen molar-refractivity contribution in [3.05, 3.63) is 11.6 Å². The Kier molecular flexibility index (Phi) is 4.27. The number of aromatic nitrogens is 3. The summed E-state index contributed by atoms with van der Waals surface area (Å²) in [5.74, 6) is 1.79. The Hall–Kier alpha value is -0.900. The molecule has 86 valence electrons. The fourth-order valence-electron chi connectivity index (χ4n) is 2.03. The van der Waals surface area contributed by atoms with Gasteiger partial charge in [-0.2, -0.15) is 5.10 Å². The molecule has 0 saturated heterocycles. The lowest BCUT2D eigenvalue weighted by molar-refractivity contribution is 0.343. The van der Waals surface area contributed by atoms with Gasteiger partial charge < -0.3 is 5.73 Å². The Balaban J connectivity index is 2.86. The van der Waals surface area contributed by atoms with Gasteiger partial charge in [0.1, 0.15) is 11.6 Å². The highest BCUT2D eigenvalue weighted by molar-refractivity contribution is 4.92. The Morgan fingerprint density at radius 3 is 2.40 bits per heavy atom. The standard InChI is InChI=1S/C11H22N4/c1-5-7-10(12)11(6-2)15-9(4)13-8(3)14-15/h10-11H,5-7,12H2,1-4H3. The lowest BCUT2D eigenvalue weighted by atomic mass is 10.0. The van der Waals surface area contributed by atoms with E-state index < -0.39 is 0 Å². The third-order valence-corrected chi connectivity index (χ3v) is 2.76. The largest absolute Gasteiger partial charge is 0.326 e. The van der Waals surface area contributed by atoms with E-state index in [0.717, 1.165) is 30.9 Å². The average Bonchev–Trinajstić information content (AvgIpc) is 2.47. The predicted molar refractivity (Wildman–Crippen MR) is 61.7 cm³/mol. The first-order valence-corrected chi connectivity index (χ1v) is 5.75. The van der Waals surface area contributed by atoms with Crippen LogP contribution in [0.25, 0.3) is 0 Å². The normalized spacial score (nSPS) is 15.3. The minimum absolute atomic E-state index is 0.180. The second-order valence-corrected chi connectivity index (χ2v) is 4.08. The van der Waals surface area contributed by atoms with Crippen LogP contribution in [-0.2, 0) is 0 Å². The van der Waals surface area contributed by atoms with Crippen molar-refractivity contribution in [3.63, 3.8) is 0 Å². The molecule has 0 aliphatic rings. The topological polar surface area (TPSA) is 56.7 Å². The van der Waals surface area contributed by atoms with Crippen LogP contribution in [0.2, 0.25) is 0 Å². The van der Waals surface area contributed by atoms with E-state index in [1.165, 1.54) is 0 Å². The highest BCUT2D eigenvalue weighted by atomic mass is 15.4. The van der Waals surface area contributed by atoms with Crippen molar-refractivity contribution in [1.29, 1.82) is 0 Å². The van der Waals surface area contributed by atoms with Crippen molar-refractivity contribution in [2.24, 2.45) is 5.73 Å². The van der Waals surface area contributed by atoms with Crippen molar-refractivity contribution >= 4 is 0 Å². The van der Waals surface area contributed by atoms with Gasteiger partial charge in [-0.25, -0.2) is 9.67 Å². The van der Waals surface area contributed by atoms with E-state index in [1.807, 2.05) is 18.5 Å². The first kappa shape index (κ1) is 12.2. The molecule has 0 amide bonds. The molecule has 0 aliphatic carbocycles. The number of nitrogens with zero attached hydrogens (tertiary/aromatic N) is 3. The first-order valence-electron chi connectivity index (χ1n) is 5.75. The number of hydrogen-bond donors (Lipinski definition) is 1. The zero-order valence-electron chi connectivity index (χ0n) is 10.2. The Morgan fingerprint density at radius 1 is 1.33 bits per heavy atom. The molecule has 4 heteroatoms. The summed E-state index contributed by atoms with van der Waals surface area (Å²) in [4.78, 5) is 4.32. The van der Waals surface area contributed by atoms with Crippen LogP contribution < -0.4 is 5.73 Å². The van der Waals surface area contributed by atoms with Crippen LogP contribution in [-0.4, -0.2) is 20.8 Å². The molecule has 0 spiro atoms. The summed E-state index contributed by atoms with van der Waals surface area (Å²) >= 11 is 0. The summed E-state index contributed by atoms with van der Waals surface area (Å²) in [6.07, 6.45) is 3.16. The first-order chi connectivity index (χ1) is 7.10. The maximum Gasteiger partial charge on any atom is 0.147 e. The van der Waals surface area contributed by atoms with E-state index in [-0.39, 0.29) is 12.1 Å². The third-order valence-electron chi connectivity index (χ3n) is 2.76. The molecule has 15 heavy (non-hydrogen) atoms. The number of hydrogen-bond acceptors (Lipinski definition) is 3. The summed E-state index contributed by atoms with van der Waals surface area (Å²) < 4.78 is 1.98. The highest BCUT2D eigenvalue weighted by Gasteiger charge is 2.20. The van der Waals surface area contributed by atoms with Gasteiger partial charge in [0, 0.05) is 6.04 Å². The maximum atomic E-state index is 6.16. The summed E-state index contributed by atoms with van der Waals surface area (Å²) in [5.41, 5.74) is 6.16. The van der Waals surface area contributed by atoms with Gasteiger partial charge >= 0.3 is 0 Å². The van der Waals surface area contributed by atoms with Gasteiger partial charge in [0.05, 0.1) is 6.04 Å². The van der Waals surface area contributed by atoms with Gasteiger partial charge in [-0.15, -0.1) is 0 Å². The van der Waals surface area contributed by atoms with Crippen LogP contribution in [0.1, 0.15) is 50.8 Å². The van der Waals surface area contributed by atoms with Crippen LogP contribution >= 0.6 is 0 Å². The lowest BCUT2D eigenvalue weighted by Crippen LogP contribution is -2.33. The van der Waals surface area contributed by atoms with E-state index >= 15 is 0 Å². The molecule has 1 aromatic heterocycles. The smallest absolute Gasteiger partial charge is 0.147 e. The zero-order valence-corrected chi connectivity index (χ0v) is 10.2. The molecule has 0 aliphatic heterocycles. The van der Waals surface area contributed by atoms with Gasteiger partial charge in [-0.3, -0.25) is 0 Å². The Bertz CT molecular complexity index is 306. The quantitative estimate of drug-likeness (QED) is 0.808. The van der Waals surface area contributed by atoms with Crippen LogP contribution in [0.15, 0.2) is 0 Å². The van der Waals surface area contributed by atoms with Gasteiger partial charge in [0.25, 0.3) is 0 Å². The number of nitrogens with two attached hydrogens (primary N) is 1. The maximum absolute atomic E-state index is 6.16. The molecule has 0 saturated carbocycles. The molecular weight excluding hydrogens is 188 g/mol. The second kappa shape index (κ2) is 5.26. The van der Waals surface area contributed by atoms with E-state index in [9.17, 15) is 0 Å². The van der Waals surface area contributed by atoms with Crippen LogP contribution in [0, 0.1) is 13.8 Å². The van der Waals surface area contributed by atoms with E-state index in [0.29, 0.717) is 0 Å². The molecule has 0 bridgehead atoms. The van der Waals surface area contributed by atoms with Gasteiger partial charge in [-0.05, 0) is 26.7 Å². The fraction of sp³-hybridized carbons (Fsp3) is 0.818. The lowest BCUT2D eigenvalue weighted by Gasteiger charge is -2.23. The average molecular weight is 210 g/mol. The molecular formula is C11H22N4. The van der Waals surface area contributed by atoms with Crippen LogP contribution in [0.5, 0.6) is 0 Å². The van der Waals surface area contributed by atoms with Crippen LogP contribution in [0.4, 0.5) is 0 Å². The highest BCUT2D eigenvalue weighted by Crippen LogP contribution is 2.18. The van der Waals surface area contributed by atoms with E-state index in [2.05, 4.69) is 23.9 Å². The Labute approximate surface area is 91.9 Å². The monoisotopic (exact) mass is 210 g/mol. The Morgan fingerprint density at radius 2 is 2.00 bits per heavy atom. The molecule has 1 rings (SSSR count). The molecule has 0 radical (unpaired) electrons. The minimum atomic E-state index is 0.180. The summed E-state index contributed by atoms with van der Waals surface area (Å²) in [5, 5.41) is 4.41. The molecule has 2 unspecified atom stereocenters. The van der Waals surface area contributed by atoms with Gasteiger partial charge in [-0.1, -0.05) is 20.3 Å². The molecule has 1 aromatic rings. The summed E-state index contributed by atoms with van der Waals surface area (Å²) in [7, 11) is 0. The van der Waals surface area contributed by atoms with Crippen molar-refractivity contribution in [3.8, 4) is 0 Å². The summed E-state index contributed by atoms with van der Waals surface area (Å²) in [6, 6.07) is 0.464. The zero-order chi connectivity index (χ0) is 11.4. The number of aryl methyl sites for hydroxylation is 2. The molecule has 2 atom stereocenters. The predicted octanol–water partition coefficient (Wildman–Crippen LogP) is 1.97. The molecule has 4 nitrogen and oxygen atoms in total. The van der Waals surface area contributed by atoms with Crippen molar-refractivity contribution < 1.29 is 0 Å². The van der Waals surface area contributed by atoms with Crippen molar-refractivity contribution in [2.75, 3.05) is 0 Å². The van der Waals surface area contributed by atoms with Crippen molar-refractivity contribution in [1.82, 2.24) is 14.8 Å². The minimum Gasteiger partial charge on any atom is -0.326 e. The molecule has 1 heterocycles. The fourth-order valence-corrected chi connectivity index (χ4v) is 2.03. The van der Waals surface area contributed by atoms with E-state index in [1.54, 1.807) is 0 Å². The third kappa shape index (κ3) is 2.78. The van der Waals surface area contributed by atoms with Gasteiger partial charge in [0.2, 0.25) is 0 Å². The molecule has 0 fully saturated rings. The summed E-state index contributed by atoms with van der Waals surface area (Å²) in [6.45, 7) is 8.21. The number of rotatable bonds is 5. The van der Waals surface area contributed by atoms with Crippen LogP contribution in [0.3, 0.4) is 0 Å². The van der Waals surface area contributed by atoms with Crippen molar-refractivity contribution in [2.45, 2.75) is 59.0 Å².